The van der Waals surface area contributed by atoms with Crippen molar-refractivity contribution in [3.05, 3.63) is 22.7 Å². The van der Waals surface area contributed by atoms with E-state index in [2.05, 4.69) is 0 Å². The Kier molecular flexibility index (Phi) is 6.58. The Morgan fingerprint density at radius 1 is 1.30 bits per heavy atom. The lowest BCUT2D eigenvalue weighted by Gasteiger charge is -2.15. The maximum absolute atomic E-state index is 11.6. The van der Waals surface area contributed by atoms with Crippen LogP contribution in [0, 0.1) is 0 Å². The van der Waals surface area contributed by atoms with E-state index in [0.29, 0.717) is 28.5 Å². The Morgan fingerprint density at radius 2 is 2.00 bits per heavy atom. The van der Waals surface area contributed by atoms with Crippen molar-refractivity contribution in [3.8, 4) is 11.5 Å². The third kappa shape index (κ3) is 4.85. The Morgan fingerprint density at radius 3 is 2.55 bits per heavy atom. The third-order valence-corrected chi connectivity index (χ3v) is 4.73. The Hall–Kier alpha value is -0.980. The number of nitrogens with two attached hydrogens (primary N) is 1. The molecule has 0 aliphatic rings. The smallest absolute Gasteiger partial charge is 0.165 e. The Bertz CT molecular complexity index is 520. The van der Waals surface area contributed by atoms with Gasteiger partial charge in [0, 0.05) is 23.2 Å². The summed E-state index contributed by atoms with van der Waals surface area (Å²) in [6.07, 6.45) is 0.598. The molecule has 2 N–H and O–H groups in total. The van der Waals surface area contributed by atoms with E-state index in [1.807, 2.05) is 6.92 Å². The number of methoxy groups -OCH3 is 1. The lowest BCUT2D eigenvalue weighted by Crippen LogP contribution is -2.17. The summed E-state index contributed by atoms with van der Waals surface area (Å²) in [6.45, 7) is 2.12. The fourth-order valence-corrected chi connectivity index (χ4v) is 3.17. The molecule has 0 atom stereocenters. The highest BCUT2D eigenvalue weighted by Crippen LogP contribution is 2.34. The minimum absolute atomic E-state index is 0.0311. The first-order valence-corrected chi connectivity index (χ1v) is 8.53. The number of sulfone groups is 1. The summed E-state index contributed by atoms with van der Waals surface area (Å²) in [5, 5.41) is 0.494. The van der Waals surface area contributed by atoms with Crippen LogP contribution in [0.1, 0.15) is 18.9 Å². The standard InChI is InChI=1S/C13H20ClNO4S/c1-3-5-20(16,17)6-4-19-13-10(9-15)7-11(14)8-12(13)18-2/h7-8H,3-6,9,15H2,1-2H3. The molecule has 1 aromatic carbocycles. The van der Waals surface area contributed by atoms with Crippen molar-refractivity contribution in [1.29, 1.82) is 0 Å². The van der Waals surface area contributed by atoms with Crippen molar-refractivity contribution in [2.24, 2.45) is 5.73 Å². The lowest BCUT2D eigenvalue weighted by molar-refractivity contribution is 0.308. The summed E-state index contributed by atoms with van der Waals surface area (Å²) in [7, 11) is -1.58. The van der Waals surface area contributed by atoms with Gasteiger partial charge in [0.05, 0.1) is 18.6 Å². The molecule has 0 spiro atoms. The number of hydrogen-bond acceptors (Lipinski definition) is 5. The van der Waals surface area contributed by atoms with Gasteiger partial charge in [-0.3, -0.25) is 0 Å². The highest BCUT2D eigenvalue weighted by molar-refractivity contribution is 7.91. The van der Waals surface area contributed by atoms with E-state index in [1.54, 1.807) is 12.1 Å². The summed E-state index contributed by atoms with van der Waals surface area (Å²) < 4.78 is 34.0. The van der Waals surface area contributed by atoms with Gasteiger partial charge < -0.3 is 15.2 Å². The quantitative estimate of drug-likeness (QED) is 0.792. The first-order valence-electron chi connectivity index (χ1n) is 6.33. The summed E-state index contributed by atoms with van der Waals surface area (Å²) >= 11 is 5.94. The van der Waals surface area contributed by atoms with Gasteiger partial charge in [-0.05, 0) is 12.5 Å². The van der Waals surface area contributed by atoms with Crippen LogP contribution in [0.3, 0.4) is 0 Å². The van der Waals surface area contributed by atoms with E-state index in [1.165, 1.54) is 7.11 Å². The molecule has 0 aliphatic heterocycles. The number of benzene rings is 1. The van der Waals surface area contributed by atoms with E-state index in [4.69, 9.17) is 26.8 Å². The van der Waals surface area contributed by atoms with Gasteiger partial charge in [0.1, 0.15) is 6.61 Å². The number of hydrogen-bond donors (Lipinski definition) is 1. The largest absolute Gasteiger partial charge is 0.493 e. The van der Waals surface area contributed by atoms with Crippen molar-refractivity contribution in [2.45, 2.75) is 19.9 Å². The molecule has 0 amide bonds. The highest BCUT2D eigenvalue weighted by Gasteiger charge is 2.14. The molecule has 0 heterocycles. The molecule has 5 nitrogen and oxygen atoms in total. The molecule has 0 fully saturated rings. The van der Waals surface area contributed by atoms with Crippen LogP contribution < -0.4 is 15.2 Å². The van der Waals surface area contributed by atoms with Crippen LogP contribution in [-0.2, 0) is 16.4 Å². The third-order valence-electron chi connectivity index (χ3n) is 2.69. The molecule has 0 saturated carbocycles. The molecule has 20 heavy (non-hydrogen) atoms. The molecule has 114 valence electrons. The topological polar surface area (TPSA) is 78.6 Å². The zero-order valence-electron chi connectivity index (χ0n) is 11.7. The van der Waals surface area contributed by atoms with Crippen LogP contribution in [0.2, 0.25) is 5.02 Å². The maximum Gasteiger partial charge on any atom is 0.165 e. The monoisotopic (exact) mass is 321 g/mol. The Balaban J connectivity index is 2.82. The van der Waals surface area contributed by atoms with Crippen LogP contribution in [0.25, 0.3) is 0 Å². The maximum atomic E-state index is 11.6. The minimum Gasteiger partial charge on any atom is -0.493 e. The van der Waals surface area contributed by atoms with E-state index in [0.717, 1.165) is 0 Å². The lowest BCUT2D eigenvalue weighted by atomic mass is 10.2. The molecular formula is C13H20ClNO4S. The van der Waals surface area contributed by atoms with E-state index < -0.39 is 9.84 Å². The zero-order chi connectivity index (χ0) is 15.2. The second-order valence-electron chi connectivity index (χ2n) is 4.30. The molecular weight excluding hydrogens is 302 g/mol. The van der Waals surface area contributed by atoms with Gasteiger partial charge in [-0.2, -0.15) is 0 Å². The summed E-state index contributed by atoms with van der Waals surface area (Å²) in [5.41, 5.74) is 6.32. The molecule has 0 aromatic heterocycles. The van der Waals surface area contributed by atoms with Gasteiger partial charge in [-0.1, -0.05) is 18.5 Å². The number of ether oxygens (including phenoxy) is 2. The fraction of sp³-hybridized carbons (Fsp3) is 0.538. The molecule has 1 rings (SSSR count). The van der Waals surface area contributed by atoms with E-state index >= 15 is 0 Å². The fourth-order valence-electron chi connectivity index (χ4n) is 1.77. The van der Waals surface area contributed by atoms with Crippen LogP contribution in [0.4, 0.5) is 0 Å². The molecule has 7 heteroatoms. The Labute approximate surface area is 124 Å². The molecule has 0 saturated heterocycles. The van der Waals surface area contributed by atoms with Gasteiger partial charge in [0.15, 0.2) is 21.3 Å². The van der Waals surface area contributed by atoms with Gasteiger partial charge >= 0.3 is 0 Å². The predicted octanol–water partition coefficient (Wildman–Crippen LogP) is 2.01. The second kappa shape index (κ2) is 7.71. The molecule has 0 bridgehead atoms. The summed E-state index contributed by atoms with van der Waals surface area (Å²) in [4.78, 5) is 0. The summed E-state index contributed by atoms with van der Waals surface area (Å²) in [6, 6.07) is 3.29. The molecule has 1 aromatic rings. The molecule has 0 aliphatic carbocycles. The first kappa shape index (κ1) is 17.1. The number of halogens is 1. The van der Waals surface area contributed by atoms with Gasteiger partial charge in [0.25, 0.3) is 0 Å². The predicted molar refractivity (Wildman–Crippen MR) is 80.3 cm³/mol. The van der Waals surface area contributed by atoms with Gasteiger partial charge in [0.2, 0.25) is 0 Å². The minimum atomic E-state index is -3.07. The van der Waals surface area contributed by atoms with Gasteiger partial charge in [-0.15, -0.1) is 0 Å². The molecule has 0 radical (unpaired) electrons. The first-order chi connectivity index (χ1) is 9.43. The SMILES string of the molecule is CCCS(=O)(=O)CCOc1c(CN)cc(Cl)cc1OC. The van der Waals surface area contributed by atoms with E-state index in [9.17, 15) is 8.42 Å². The van der Waals surface area contributed by atoms with Crippen molar-refractivity contribution < 1.29 is 17.9 Å². The molecule has 0 unspecified atom stereocenters. The highest BCUT2D eigenvalue weighted by atomic mass is 35.5. The normalized spacial score (nSPS) is 11.4. The average Bonchev–Trinajstić information content (AvgIpc) is 2.39. The van der Waals surface area contributed by atoms with Crippen molar-refractivity contribution in [2.75, 3.05) is 25.2 Å². The van der Waals surface area contributed by atoms with Crippen LogP contribution in [0.5, 0.6) is 11.5 Å². The van der Waals surface area contributed by atoms with E-state index in [-0.39, 0.29) is 24.7 Å². The van der Waals surface area contributed by atoms with Gasteiger partial charge in [-0.25, -0.2) is 8.42 Å². The van der Waals surface area contributed by atoms with Crippen LogP contribution in [0.15, 0.2) is 12.1 Å². The van der Waals surface area contributed by atoms with Crippen molar-refractivity contribution in [1.82, 2.24) is 0 Å². The van der Waals surface area contributed by atoms with Crippen LogP contribution >= 0.6 is 11.6 Å². The summed E-state index contributed by atoms with van der Waals surface area (Å²) in [5.74, 6) is 1.03. The second-order valence-corrected chi connectivity index (χ2v) is 7.04. The number of rotatable bonds is 8. The van der Waals surface area contributed by atoms with Crippen molar-refractivity contribution in [3.63, 3.8) is 0 Å². The zero-order valence-corrected chi connectivity index (χ0v) is 13.3. The average molecular weight is 322 g/mol. The van der Waals surface area contributed by atoms with Crippen LogP contribution in [-0.4, -0.2) is 33.6 Å². The van der Waals surface area contributed by atoms with Crippen molar-refractivity contribution >= 4 is 21.4 Å².